The highest BCUT2D eigenvalue weighted by Gasteiger charge is 1.86. The molecule has 0 aromatic carbocycles. The van der Waals surface area contributed by atoms with Gasteiger partial charge in [0.25, 0.3) is 0 Å². The highest BCUT2D eigenvalue weighted by Crippen LogP contribution is 1.50. The third-order valence-electron chi connectivity index (χ3n) is 0.503. The van der Waals surface area contributed by atoms with Crippen LogP contribution in [0.25, 0.3) is 0 Å². The highest BCUT2D eigenvalue weighted by molar-refractivity contribution is 5.69. The monoisotopic (exact) mass is 194 g/mol. The average molecular weight is 194 g/mol. The van der Waals surface area contributed by atoms with Crippen LogP contribution in [0.2, 0.25) is 0 Å². The first kappa shape index (κ1) is 17.8. The molecule has 0 fully saturated rings. The summed E-state index contributed by atoms with van der Waals surface area (Å²) < 4.78 is 0. The maximum atomic E-state index is 9.54. The first-order chi connectivity index (χ1) is 6.04. The van der Waals surface area contributed by atoms with Crippen molar-refractivity contribution in [2.75, 3.05) is 20.1 Å². The predicted octanol–water partition coefficient (Wildman–Crippen LogP) is -0.654. The van der Waals surface area contributed by atoms with E-state index in [1.54, 1.807) is 7.05 Å². The van der Waals surface area contributed by atoms with E-state index in [1.165, 1.54) is 0 Å². The molecule has 0 rings (SSSR count). The lowest BCUT2D eigenvalue weighted by molar-refractivity contribution is -0.136. The number of aliphatic carboxylic acids is 2. The van der Waals surface area contributed by atoms with Crippen molar-refractivity contribution in [2.45, 2.75) is 13.8 Å². The van der Waals surface area contributed by atoms with Crippen LogP contribution in [0, 0.1) is 0 Å². The largest absolute Gasteiger partial charge is 0.480 e. The molecule has 0 aliphatic rings. The van der Waals surface area contributed by atoms with E-state index in [-0.39, 0.29) is 13.1 Å². The molecule has 6 heteroatoms. The van der Waals surface area contributed by atoms with Gasteiger partial charge >= 0.3 is 11.9 Å². The van der Waals surface area contributed by atoms with Crippen molar-refractivity contribution in [3.05, 3.63) is 0 Å². The molecule has 13 heavy (non-hydrogen) atoms. The zero-order chi connectivity index (χ0) is 11.3. The van der Waals surface area contributed by atoms with Crippen LogP contribution in [-0.4, -0.2) is 42.3 Å². The smallest absolute Gasteiger partial charge is 0.317 e. The molecule has 6 nitrogen and oxygen atoms in total. The minimum absolute atomic E-state index is 0.0417. The molecule has 0 amide bonds. The van der Waals surface area contributed by atoms with Crippen molar-refractivity contribution < 1.29 is 19.8 Å². The fourth-order valence-electron chi connectivity index (χ4n) is 0.151. The fourth-order valence-corrected chi connectivity index (χ4v) is 0.151. The van der Waals surface area contributed by atoms with Gasteiger partial charge in [-0.15, -0.1) is 0 Å². The molecule has 0 aromatic heterocycles. The van der Waals surface area contributed by atoms with Crippen LogP contribution < -0.4 is 11.1 Å². The van der Waals surface area contributed by atoms with Gasteiger partial charge in [-0.3, -0.25) is 9.59 Å². The van der Waals surface area contributed by atoms with E-state index < -0.39 is 11.9 Å². The molecule has 80 valence electrons. The first-order valence-electron chi connectivity index (χ1n) is 3.82. The predicted molar refractivity (Wildman–Crippen MR) is 49.6 cm³/mol. The highest BCUT2D eigenvalue weighted by atomic mass is 16.4. The van der Waals surface area contributed by atoms with Crippen LogP contribution in [0.5, 0.6) is 0 Å². The molecule has 5 N–H and O–H groups in total. The molecule has 0 aliphatic carbocycles. The van der Waals surface area contributed by atoms with Crippen LogP contribution in [-0.2, 0) is 9.59 Å². The van der Waals surface area contributed by atoms with Gasteiger partial charge in [0.2, 0.25) is 0 Å². The Kier molecular flexibility index (Phi) is 23.4. The summed E-state index contributed by atoms with van der Waals surface area (Å²) in [4.78, 5) is 18.8. The summed E-state index contributed by atoms with van der Waals surface area (Å²) in [6, 6.07) is 0. The van der Waals surface area contributed by atoms with E-state index >= 15 is 0 Å². The van der Waals surface area contributed by atoms with Crippen LogP contribution >= 0.6 is 0 Å². The lowest BCUT2D eigenvalue weighted by atomic mass is 10.7. The number of carboxylic acid groups (broad SMARTS) is 2. The molecule has 0 aliphatic heterocycles. The number of nitrogens with one attached hydrogen (secondary N) is 1. The normalized spacial score (nSPS) is 7.08. The van der Waals surface area contributed by atoms with E-state index in [9.17, 15) is 9.59 Å². The third-order valence-corrected chi connectivity index (χ3v) is 0.503. The summed E-state index contributed by atoms with van der Waals surface area (Å²) >= 11 is 0. The van der Waals surface area contributed by atoms with Crippen molar-refractivity contribution in [2.24, 2.45) is 5.73 Å². The van der Waals surface area contributed by atoms with E-state index in [4.69, 9.17) is 10.2 Å². The maximum Gasteiger partial charge on any atom is 0.317 e. The Morgan fingerprint density at radius 2 is 1.54 bits per heavy atom. The third kappa shape index (κ3) is 57.2. The van der Waals surface area contributed by atoms with E-state index in [0.29, 0.717) is 0 Å². The van der Waals surface area contributed by atoms with Crippen LogP contribution in [0.3, 0.4) is 0 Å². The van der Waals surface area contributed by atoms with E-state index in [0.717, 1.165) is 0 Å². The number of nitrogens with two attached hydrogens (primary N) is 1. The van der Waals surface area contributed by atoms with Gasteiger partial charge in [0.1, 0.15) is 0 Å². The van der Waals surface area contributed by atoms with Crippen molar-refractivity contribution in [1.82, 2.24) is 5.32 Å². The zero-order valence-electron chi connectivity index (χ0n) is 8.20. The summed E-state index contributed by atoms with van der Waals surface area (Å²) in [5, 5.41) is 17.9. The summed E-state index contributed by atoms with van der Waals surface area (Å²) in [6.07, 6.45) is 0. The van der Waals surface area contributed by atoms with Gasteiger partial charge in [-0.1, -0.05) is 13.8 Å². The Balaban J connectivity index is -0.000000131. The lowest BCUT2D eigenvalue weighted by Gasteiger charge is -1.84. The van der Waals surface area contributed by atoms with Gasteiger partial charge in [0.15, 0.2) is 0 Å². The standard InChI is InChI=1S/C3H7NO2.C2H5NO2.C2H6/c1-4-2-3(5)6;3-1-2(4)5;1-2/h4H,2H2,1H3,(H,5,6);1,3H2,(H,4,5);1-2H3. The number of carboxylic acids is 2. The Labute approximate surface area is 77.7 Å². The molecule has 0 unspecified atom stereocenters. The SMILES string of the molecule is CC.CNCC(=O)O.NCC(=O)O. The summed E-state index contributed by atoms with van der Waals surface area (Å²) in [6.45, 7) is 3.76. The Morgan fingerprint density at radius 3 is 1.54 bits per heavy atom. The molecule has 0 spiro atoms. The van der Waals surface area contributed by atoms with Gasteiger partial charge in [-0.05, 0) is 7.05 Å². The van der Waals surface area contributed by atoms with Crippen molar-refractivity contribution in [1.29, 1.82) is 0 Å². The Morgan fingerprint density at radius 1 is 1.23 bits per heavy atom. The Bertz CT molecular complexity index is 128. The number of likely N-dealkylation sites (N-methyl/N-ethyl adjacent to an activating group) is 1. The molecule has 0 atom stereocenters. The molecule has 0 saturated heterocycles. The number of rotatable bonds is 3. The molecule has 0 heterocycles. The van der Waals surface area contributed by atoms with E-state index in [2.05, 4.69) is 11.1 Å². The second-order valence-corrected chi connectivity index (χ2v) is 1.52. The Hall–Kier alpha value is -1.14. The van der Waals surface area contributed by atoms with Crippen molar-refractivity contribution in [3.8, 4) is 0 Å². The van der Waals surface area contributed by atoms with Crippen LogP contribution in [0.15, 0.2) is 0 Å². The second kappa shape index (κ2) is 17.1. The molecule has 0 aromatic rings. The number of hydrogen-bond acceptors (Lipinski definition) is 4. The van der Waals surface area contributed by atoms with Gasteiger partial charge in [0, 0.05) is 0 Å². The van der Waals surface area contributed by atoms with Crippen LogP contribution in [0.1, 0.15) is 13.8 Å². The number of carbonyl (C=O) groups is 2. The quantitative estimate of drug-likeness (QED) is 0.474. The lowest BCUT2D eigenvalue weighted by Crippen LogP contribution is -2.16. The van der Waals surface area contributed by atoms with Crippen molar-refractivity contribution >= 4 is 11.9 Å². The van der Waals surface area contributed by atoms with Gasteiger partial charge in [0.05, 0.1) is 13.1 Å². The number of hydrogen-bond donors (Lipinski definition) is 4. The van der Waals surface area contributed by atoms with E-state index in [1.807, 2.05) is 13.8 Å². The fraction of sp³-hybridized carbons (Fsp3) is 0.714. The molecule has 0 radical (unpaired) electrons. The summed E-state index contributed by atoms with van der Waals surface area (Å²) in [7, 11) is 1.59. The second-order valence-electron chi connectivity index (χ2n) is 1.52. The van der Waals surface area contributed by atoms with Gasteiger partial charge < -0.3 is 21.3 Å². The van der Waals surface area contributed by atoms with Gasteiger partial charge in [-0.25, -0.2) is 0 Å². The van der Waals surface area contributed by atoms with Crippen LogP contribution in [0.4, 0.5) is 0 Å². The minimum Gasteiger partial charge on any atom is -0.480 e. The first-order valence-corrected chi connectivity index (χ1v) is 3.82. The zero-order valence-corrected chi connectivity index (χ0v) is 8.20. The minimum atomic E-state index is -0.968. The molecular formula is C7H18N2O4. The maximum absolute atomic E-state index is 9.54. The topological polar surface area (TPSA) is 113 Å². The summed E-state index contributed by atoms with van der Waals surface area (Å²) in [5.74, 6) is -1.79. The van der Waals surface area contributed by atoms with Crippen molar-refractivity contribution in [3.63, 3.8) is 0 Å². The van der Waals surface area contributed by atoms with Gasteiger partial charge in [-0.2, -0.15) is 0 Å². The average Bonchev–Trinajstić information content (AvgIpc) is 2.09. The molecule has 0 saturated carbocycles. The molecule has 0 bridgehead atoms. The molecular weight excluding hydrogens is 176 g/mol. The summed E-state index contributed by atoms with van der Waals surface area (Å²) in [5.41, 5.74) is 4.57.